The molecule has 7 nitrogen and oxygen atoms in total. The Morgan fingerprint density at radius 2 is 2.15 bits per heavy atom. The number of nitrogens with one attached hydrogen (secondary N) is 1. The lowest BCUT2D eigenvalue weighted by molar-refractivity contribution is 0.0936. The van der Waals surface area contributed by atoms with Gasteiger partial charge < -0.3 is 9.73 Å². The lowest BCUT2D eigenvalue weighted by Gasteiger charge is -2.26. The van der Waals surface area contributed by atoms with Crippen LogP contribution in [0.2, 0.25) is 0 Å². The summed E-state index contributed by atoms with van der Waals surface area (Å²) < 4.78 is 7.50. The largest absolute Gasteiger partial charge is 0.420 e. The van der Waals surface area contributed by atoms with Crippen molar-refractivity contribution in [1.82, 2.24) is 25.3 Å². The molecule has 0 aromatic carbocycles. The molecule has 0 atom stereocenters. The Labute approximate surface area is 155 Å². The number of hydrogen-bond donors (Lipinski definition) is 1. The fourth-order valence-corrected chi connectivity index (χ4v) is 4.01. The van der Waals surface area contributed by atoms with Crippen LogP contribution in [-0.4, -0.2) is 32.4 Å². The molecular weight excluding hydrogens is 350 g/mol. The molecule has 0 saturated heterocycles. The van der Waals surface area contributed by atoms with Crippen LogP contribution in [-0.2, 0) is 7.05 Å². The zero-order chi connectivity index (χ0) is 17.9. The van der Waals surface area contributed by atoms with Gasteiger partial charge in [0.25, 0.3) is 5.91 Å². The van der Waals surface area contributed by atoms with E-state index in [1.807, 2.05) is 16.8 Å². The van der Waals surface area contributed by atoms with E-state index in [4.69, 9.17) is 4.42 Å². The van der Waals surface area contributed by atoms with Crippen LogP contribution >= 0.6 is 11.3 Å². The van der Waals surface area contributed by atoms with Crippen LogP contribution in [0, 0.1) is 5.92 Å². The van der Waals surface area contributed by atoms with Gasteiger partial charge >= 0.3 is 0 Å². The van der Waals surface area contributed by atoms with Crippen molar-refractivity contribution in [1.29, 1.82) is 0 Å². The van der Waals surface area contributed by atoms with Gasteiger partial charge in [-0.15, -0.1) is 10.2 Å². The summed E-state index contributed by atoms with van der Waals surface area (Å²) in [5.74, 6) is 2.04. The average molecular weight is 371 g/mol. The topological polar surface area (TPSA) is 85.8 Å². The highest BCUT2D eigenvalue weighted by Gasteiger charge is 2.27. The highest BCUT2D eigenvalue weighted by molar-refractivity contribution is 7.08. The average Bonchev–Trinajstić information content (AvgIpc) is 3.40. The quantitative estimate of drug-likeness (QED) is 0.744. The Morgan fingerprint density at radius 1 is 1.31 bits per heavy atom. The van der Waals surface area contributed by atoms with Gasteiger partial charge in [-0.05, 0) is 49.1 Å². The summed E-state index contributed by atoms with van der Waals surface area (Å²) in [7, 11) is 1.80. The second-order valence-corrected chi connectivity index (χ2v) is 7.54. The van der Waals surface area contributed by atoms with Gasteiger partial charge in [0.15, 0.2) is 0 Å². The fraction of sp³-hybridized carbons (Fsp3) is 0.444. The lowest BCUT2D eigenvalue weighted by atomic mass is 9.82. The Kier molecular flexibility index (Phi) is 4.83. The second-order valence-electron chi connectivity index (χ2n) is 6.76. The molecule has 1 aliphatic carbocycles. The van der Waals surface area contributed by atoms with Crippen LogP contribution < -0.4 is 5.32 Å². The standard InChI is InChI=1S/C18H21N5O2S/c1-23-8-6-15(22-23)16(24)19-10-12-2-4-13(5-3-12)17-20-21-18(25-17)14-7-9-26-11-14/h6-9,11-13H,2-5,10H2,1H3,(H,19,24). The predicted molar refractivity (Wildman–Crippen MR) is 97.9 cm³/mol. The molecule has 0 radical (unpaired) electrons. The minimum atomic E-state index is -0.106. The summed E-state index contributed by atoms with van der Waals surface area (Å²) in [6.07, 6.45) is 5.88. The minimum Gasteiger partial charge on any atom is -0.420 e. The first-order valence-corrected chi connectivity index (χ1v) is 9.77. The van der Waals surface area contributed by atoms with Gasteiger partial charge in [0.05, 0.1) is 0 Å². The zero-order valence-electron chi connectivity index (χ0n) is 14.6. The van der Waals surface area contributed by atoms with Gasteiger partial charge in [0.2, 0.25) is 11.8 Å². The van der Waals surface area contributed by atoms with Gasteiger partial charge in [-0.3, -0.25) is 9.48 Å². The Balaban J connectivity index is 1.27. The fourth-order valence-electron chi connectivity index (χ4n) is 3.38. The maximum atomic E-state index is 12.1. The van der Waals surface area contributed by atoms with Gasteiger partial charge in [-0.2, -0.15) is 16.4 Å². The van der Waals surface area contributed by atoms with Crippen molar-refractivity contribution >= 4 is 17.2 Å². The van der Waals surface area contributed by atoms with Crippen LogP contribution in [0.4, 0.5) is 0 Å². The number of nitrogens with zero attached hydrogens (tertiary/aromatic N) is 4. The molecule has 4 rings (SSSR count). The summed E-state index contributed by atoms with van der Waals surface area (Å²) in [4.78, 5) is 12.1. The summed E-state index contributed by atoms with van der Waals surface area (Å²) in [6.45, 7) is 0.687. The normalized spacial score (nSPS) is 20.2. The van der Waals surface area contributed by atoms with E-state index >= 15 is 0 Å². The molecule has 0 bridgehead atoms. The summed E-state index contributed by atoms with van der Waals surface area (Å²) in [5, 5.41) is 19.6. The zero-order valence-corrected chi connectivity index (χ0v) is 15.4. The number of carbonyl (C=O) groups excluding carboxylic acids is 1. The Morgan fingerprint density at radius 3 is 2.85 bits per heavy atom. The molecular formula is C18H21N5O2S. The summed E-state index contributed by atoms with van der Waals surface area (Å²) >= 11 is 1.62. The van der Waals surface area contributed by atoms with Crippen LogP contribution in [0.15, 0.2) is 33.5 Å². The van der Waals surface area contributed by atoms with Crippen molar-refractivity contribution in [2.45, 2.75) is 31.6 Å². The van der Waals surface area contributed by atoms with E-state index in [1.165, 1.54) is 0 Å². The molecule has 1 N–H and O–H groups in total. The predicted octanol–water partition coefficient (Wildman–Crippen LogP) is 3.24. The minimum absolute atomic E-state index is 0.106. The lowest BCUT2D eigenvalue weighted by Crippen LogP contribution is -2.31. The Bertz CT molecular complexity index is 862. The number of aryl methyl sites for hydroxylation is 1. The monoisotopic (exact) mass is 371 g/mol. The van der Waals surface area contributed by atoms with E-state index in [9.17, 15) is 4.79 Å². The summed E-state index contributed by atoms with van der Waals surface area (Å²) in [6, 6.07) is 3.72. The smallest absolute Gasteiger partial charge is 0.271 e. The van der Waals surface area contributed by atoms with Crippen LogP contribution in [0.1, 0.15) is 48.0 Å². The van der Waals surface area contributed by atoms with E-state index in [1.54, 1.807) is 35.3 Å². The molecule has 136 valence electrons. The molecule has 0 spiro atoms. The molecule has 1 amide bonds. The summed E-state index contributed by atoms with van der Waals surface area (Å²) in [5.41, 5.74) is 1.45. The number of hydrogen-bond acceptors (Lipinski definition) is 6. The first-order valence-electron chi connectivity index (χ1n) is 8.83. The third kappa shape index (κ3) is 3.70. The number of thiophene rings is 1. The van der Waals surface area contributed by atoms with E-state index < -0.39 is 0 Å². The number of aromatic nitrogens is 4. The Hall–Kier alpha value is -2.48. The molecule has 0 aliphatic heterocycles. The van der Waals surface area contributed by atoms with Crippen molar-refractivity contribution in [3.05, 3.63) is 40.7 Å². The molecule has 3 heterocycles. The van der Waals surface area contributed by atoms with E-state index in [0.717, 1.165) is 37.1 Å². The number of amides is 1. The maximum absolute atomic E-state index is 12.1. The molecule has 3 aromatic heterocycles. The van der Waals surface area contributed by atoms with E-state index in [0.29, 0.717) is 30.0 Å². The molecule has 8 heteroatoms. The third-order valence-electron chi connectivity index (χ3n) is 4.90. The molecule has 3 aromatic rings. The van der Waals surface area contributed by atoms with Crippen LogP contribution in [0.3, 0.4) is 0 Å². The molecule has 1 saturated carbocycles. The van der Waals surface area contributed by atoms with E-state index in [-0.39, 0.29) is 5.91 Å². The van der Waals surface area contributed by atoms with Crippen LogP contribution in [0.25, 0.3) is 11.5 Å². The van der Waals surface area contributed by atoms with Gasteiger partial charge in [-0.1, -0.05) is 0 Å². The first-order chi connectivity index (χ1) is 12.7. The van der Waals surface area contributed by atoms with Crippen LogP contribution in [0.5, 0.6) is 0 Å². The highest BCUT2D eigenvalue weighted by atomic mass is 32.1. The van der Waals surface area contributed by atoms with Crippen molar-refractivity contribution in [3.63, 3.8) is 0 Å². The van der Waals surface area contributed by atoms with Crippen molar-refractivity contribution in [2.24, 2.45) is 13.0 Å². The van der Waals surface area contributed by atoms with Gasteiger partial charge in [0, 0.05) is 36.7 Å². The maximum Gasteiger partial charge on any atom is 0.271 e. The molecule has 1 aliphatic rings. The molecule has 1 fully saturated rings. The second kappa shape index (κ2) is 7.41. The van der Waals surface area contributed by atoms with Crippen molar-refractivity contribution in [2.75, 3.05) is 6.54 Å². The first kappa shape index (κ1) is 17.0. The van der Waals surface area contributed by atoms with E-state index in [2.05, 4.69) is 20.6 Å². The number of rotatable bonds is 5. The van der Waals surface area contributed by atoms with Crippen molar-refractivity contribution in [3.8, 4) is 11.5 Å². The molecule has 26 heavy (non-hydrogen) atoms. The van der Waals surface area contributed by atoms with Gasteiger partial charge in [-0.25, -0.2) is 0 Å². The van der Waals surface area contributed by atoms with Crippen molar-refractivity contribution < 1.29 is 9.21 Å². The highest BCUT2D eigenvalue weighted by Crippen LogP contribution is 2.36. The SMILES string of the molecule is Cn1ccc(C(=O)NCC2CCC(c3nnc(-c4ccsc4)o3)CC2)n1. The molecule has 0 unspecified atom stereocenters. The number of carbonyl (C=O) groups is 1. The third-order valence-corrected chi connectivity index (χ3v) is 5.59. The van der Waals surface area contributed by atoms with Gasteiger partial charge in [0.1, 0.15) is 5.69 Å².